The van der Waals surface area contributed by atoms with Gasteiger partial charge in [0, 0.05) is 30.8 Å². The smallest absolute Gasteiger partial charge is 0.292 e. The molecule has 0 saturated heterocycles. The maximum absolute atomic E-state index is 14.3. The first-order valence-electron chi connectivity index (χ1n) is 10.3. The third kappa shape index (κ3) is 3.07. The van der Waals surface area contributed by atoms with E-state index in [1.54, 1.807) is 15.7 Å². The number of H-pyrrole nitrogens is 1. The second-order valence-electron chi connectivity index (χ2n) is 8.00. The molecular weight excluding hydrogens is 418 g/mol. The summed E-state index contributed by atoms with van der Waals surface area (Å²) in [6.07, 6.45) is 6.01. The molecule has 1 amide bonds. The number of carbonyl (C=O) groups is 1. The second kappa shape index (κ2) is 6.99. The Morgan fingerprint density at radius 2 is 2.23 bits per heavy atom. The van der Waals surface area contributed by atoms with Gasteiger partial charge in [-0.15, -0.1) is 0 Å². The molecule has 8 nitrogen and oxygen atoms in total. The molecule has 4 aromatic heterocycles. The van der Waals surface area contributed by atoms with E-state index in [1.807, 2.05) is 30.5 Å². The summed E-state index contributed by atoms with van der Waals surface area (Å²) < 4.78 is 21.9. The van der Waals surface area contributed by atoms with Crippen molar-refractivity contribution in [1.82, 2.24) is 29.5 Å². The molecule has 2 aliphatic rings. The lowest BCUT2D eigenvalue weighted by Gasteiger charge is -2.33. The molecule has 1 fully saturated rings. The third-order valence-electron chi connectivity index (χ3n) is 5.91. The number of halogens is 1. The molecule has 0 radical (unpaired) electrons. The minimum atomic E-state index is -1.48. The van der Waals surface area contributed by atoms with Crippen LogP contribution in [0.5, 0.6) is 0 Å². The van der Waals surface area contributed by atoms with Gasteiger partial charge in [0.1, 0.15) is 11.7 Å². The van der Waals surface area contributed by atoms with Crippen molar-refractivity contribution >= 4 is 20.7 Å². The fourth-order valence-corrected chi connectivity index (χ4v) is 4.44. The maximum atomic E-state index is 14.3. The van der Waals surface area contributed by atoms with Crippen LogP contribution in [-0.2, 0) is 6.42 Å². The number of nitrogens with one attached hydrogen (secondary N) is 1. The summed E-state index contributed by atoms with van der Waals surface area (Å²) in [6.45, 7) is 0.430. The molecule has 31 heavy (non-hydrogen) atoms. The van der Waals surface area contributed by atoms with Crippen molar-refractivity contribution in [2.75, 3.05) is 6.54 Å². The number of hydrogen-bond acceptors (Lipinski definition) is 5. The molecule has 1 aliphatic heterocycles. The third-order valence-corrected chi connectivity index (χ3v) is 6.22. The Balaban J connectivity index is 1.45. The summed E-state index contributed by atoms with van der Waals surface area (Å²) in [5, 5.41) is 4.69. The van der Waals surface area contributed by atoms with Crippen molar-refractivity contribution < 1.29 is 13.6 Å². The molecule has 5 heterocycles. The van der Waals surface area contributed by atoms with Gasteiger partial charge in [-0.1, -0.05) is 15.3 Å². The number of amides is 1. The highest BCUT2D eigenvalue weighted by Gasteiger charge is 2.40. The Labute approximate surface area is 179 Å². The number of aromatic nitrogens is 5. The Hall–Kier alpha value is -3.06. The zero-order chi connectivity index (χ0) is 21.1. The SMILES string of the molecule is O=C(c1oc(C2CC2)nc1C(F)P)N1CCc2[nH]cnc2[C@@H]1c1cc2ccccn2n1. The quantitative estimate of drug-likeness (QED) is 0.492. The fourth-order valence-electron chi connectivity index (χ4n) is 4.21. The summed E-state index contributed by atoms with van der Waals surface area (Å²) in [6, 6.07) is 7.22. The van der Waals surface area contributed by atoms with Gasteiger partial charge in [0.05, 0.1) is 23.2 Å². The van der Waals surface area contributed by atoms with Crippen molar-refractivity contribution in [3.8, 4) is 0 Å². The van der Waals surface area contributed by atoms with E-state index < -0.39 is 17.9 Å². The number of aromatic amines is 1. The molecule has 0 spiro atoms. The molecule has 3 atom stereocenters. The van der Waals surface area contributed by atoms with E-state index in [1.165, 1.54) is 0 Å². The standard InChI is InChI=1S/C21H20FN6O2P/c22-19(31)16-18(30-20(25-16)11-4-5-11)21(29)27-8-6-13-15(24-10-23-13)17(27)14-9-12-3-1-2-7-28(12)26-14/h1-3,7,9-11,17,19H,4-6,8,31H2,(H,23,24)/t17-,19?/m0/s1. The van der Waals surface area contributed by atoms with Crippen molar-refractivity contribution in [3.05, 3.63) is 71.2 Å². The Bertz CT molecular complexity index is 1260. The van der Waals surface area contributed by atoms with Crippen molar-refractivity contribution in [2.24, 2.45) is 0 Å². The molecule has 0 aromatic carbocycles. The number of fused-ring (bicyclic) bond motifs is 2. The van der Waals surface area contributed by atoms with Crippen LogP contribution in [0.25, 0.3) is 5.52 Å². The van der Waals surface area contributed by atoms with Gasteiger partial charge in [0.25, 0.3) is 5.91 Å². The number of carbonyl (C=O) groups excluding carboxylic acids is 1. The van der Waals surface area contributed by atoms with Gasteiger partial charge in [-0.2, -0.15) is 5.10 Å². The van der Waals surface area contributed by atoms with Crippen LogP contribution < -0.4 is 0 Å². The lowest BCUT2D eigenvalue weighted by atomic mass is 9.99. The summed E-state index contributed by atoms with van der Waals surface area (Å²) >= 11 is 0. The molecule has 4 aromatic rings. The average Bonchev–Trinajstić information content (AvgIpc) is 3.18. The van der Waals surface area contributed by atoms with Gasteiger partial charge < -0.3 is 14.3 Å². The highest BCUT2D eigenvalue weighted by atomic mass is 31.0. The van der Waals surface area contributed by atoms with E-state index >= 15 is 0 Å². The minimum absolute atomic E-state index is 0.0304. The number of nitrogens with zero attached hydrogens (tertiary/aromatic N) is 5. The zero-order valence-electron chi connectivity index (χ0n) is 16.5. The van der Waals surface area contributed by atoms with E-state index in [2.05, 4.69) is 29.3 Å². The van der Waals surface area contributed by atoms with Crippen LogP contribution >= 0.6 is 9.24 Å². The van der Waals surface area contributed by atoms with E-state index in [0.29, 0.717) is 24.6 Å². The highest BCUT2D eigenvalue weighted by molar-refractivity contribution is 7.16. The number of hydrogen-bond donors (Lipinski definition) is 1. The summed E-state index contributed by atoms with van der Waals surface area (Å²) in [4.78, 5) is 27.3. The van der Waals surface area contributed by atoms with Crippen molar-refractivity contribution in [2.45, 2.75) is 37.1 Å². The number of imidazole rings is 1. The van der Waals surface area contributed by atoms with E-state index in [9.17, 15) is 9.18 Å². The maximum Gasteiger partial charge on any atom is 0.292 e. The van der Waals surface area contributed by atoms with E-state index in [4.69, 9.17) is 4.42 Å². The molecule has 6 rings (SSSR count). The number of rotatable bonds is 4. The molecule has 0 bridgehead atoms. The van der Waals surface area contributed by atoms with Gasteiger partial charge in [0.2, 0.25) is 5.76 Å². The number of alkyl halides is 1. The monoisotopic (exact) mass is 438 g/mol. The average molecular weight is 438 g/mol. The molecule has 10 heteroatoms. The predicted molar refractivity (Wildman–Crippen MR) is 112 cm³/mol. The molecule has 1 aliphatic carbocycles. The van der Waals surface area contributed by atoms with E-state index in [0.717, 1.165) is 29.7 Å². The van der Waals surface area contributed by atoms with Crippen LogP contribution in [0.4, 0.5) is 4.39 Å². The van der Waals surface area contributed by atoms with E-state index in [-0.39, 0.29) is 17.4 Å². The first-order valence-corrected chi connectivity index (χ1v) is 10.9. The van der Waals surface area contributed by atoms with Crippen LogP contribution in [0.3, 0.4) is 0 Å². The lowest BCUT2D eigenvalue weighted by molar-refractivity contribution is 0.0649. The highest BCUT2D eigenvalue weighted by Crippen LogP contribution is 2.42. The normalized spacial score (nSPS) is 19.5. The Kier molecular flexibility index (Phi) is 4.21. The largest absolute Gasteiger partial charge is 0.435 e. The predicted octanol–water partition coefficient (Wildman–Crippen LogP) is 3.55. The summed E-state index contributed by atoms with van der Waals surface area (Å²) in [5.74, 6) is -1.27. The minimum Gasteiger partial charge on any atom is -0.435 e. The van der Waals surface area contributed by atoms with Gasteiger partial charge in [-0.3, -0.25) is 4.79 Å². The second-order valence-corrected chi connectivity index (χ2v) is 8.58. The molecule has 158 valence electrons. The van der Waals surface area contributed by atoms with Crippen LogP contribution in [0, 0.1) is 0 Å². The topological polar surface area (TPSA) is 92.3 Å². The first-order chi connectivity index (χ1) is 15.1. The van der Waals surface area contributed by atoms with Gasteiger partial charge in [0.15, 0.2) is 11.8 Å². The summed E-state index contributed by atoms with van der Waals surface area (Å²) in [7, 11) is 2.06. The zero-order valence-corrected chi connectivity index (χ0v) is 17.7. The van der Waals surface area contributed by atoms with Crippen LogP contribution in [0.15, 0.2) is 41.2 Å². The Morgan fingerprint density at radius 1 is 1.35 bits per heavy atom. The van der Waals surface area contributed by atoms with Crippen LogP contribution in [0.1, 0.15) is 69.9 Å². The van der Waals surface area contributed by atoms with Gasteiger partial charge in [-0.25, -0.2) is 18.9 Å². The molecule has 2 unspecified atom stereocenters. The molecule has 1 saturated carbocycles. The van der Waals surface area contributed by atoms with Crippen LogP contribution in [-0.4, -0.2) is 41.9 Å². The van der Waals surface area contributed by atoms with Gasteiger partial charge in [-0.05, 0) is 31.0 Å². The van der Waals surface area contributed by atoms with Crippen LogP contribution in [0.2, 0.25) is 0 Å². The molecular formula is C21H20FN6O2P. The number of pyridine rings is 1. The lowest BCUT2D eigenvalue weighted by Crippen LogP contribution is -2.41. The summed E-state index contributed by atoms with van der Waals surface area (Å²) in [5.41, 5.74) is 3.36. The van der Waals surface area contributed by atoms with Crippen molar-refractivity contribution in [3.63, 3.8) is 0 Å². The molecule has 1 N–H and O–H groups in total. The number of oxazole rings is 1. The van der Waals surface area contributed by atoms with Crippen molar-refractivity contribution in [1.29, 1.82) is 0 Å². The Morgan fingerprint density at radius 3 is 3.00 bits per heavy atom. The fraction of sp³-hybridized carbons (Fsp3) is 0.333. The van der Waals surface area contributed by atoms with Gasteiger partial charge >= 0.3 is 0 Å². The first kappa shape index (κ1) is 18.7.